The van der Waals surface area contributed by atoms with Gasteiger partial charge < -0.3 is 0 Å². The van der Waals surface area contributed by atoms with E-state index < -0.39 is 0 Å². The number of aromatic nitrogens is 2. The van der Waals surface area contributed by atoms with Crippen molar-refractivity contribution in [2.75, 3.05) is 0 Å². The lowest BCUT2D eigenvalue weighted by Gasteiger charge is -2.35. The quantitative estimate of drug-likeness (QED) is 0.552. The maximum Gasteiger partial charge on any atom is 0.123 e. The van der Waals surface area contributed by atoms with Crippen molar-refractivity contribution in [3.8, 4) is 5.69 Å². The molecule has 4 rings (SSSR count). The number of nitrogens with zero attached hydrogens (tertiary/aromatic N) is 2. The Morgan fingerprint density at radius 1 is 1.15 bits per heavy atom. The van der Waals surface area contributed by atoms with E-state index >= 15 is 0 Å². The van der Waals surface area contributed by atoms with E-state index in [4.69, 9.17) is 0 Å². The van der Waals surface area contributed by atoms with Crippen LogP contribution in [0.15, 0.2) is 72.9 Å². The number of allylic oxidation sites excluding steroid dienone is 2. The minimum Gasteiger partial charge on any atom is -0.233 e. The van der Waals surface area contributed by atoms with Gasteiger partial charge in [0.25, 0.3) is 0 Å². The first-order valence-corrected chi connectivity index (χ1v) is 9.21. The molecule has 0 amide bonds. The molecule has 1 atom stereocenters. The Balaban J connectivity index is 1.64. The summed E-state index contributed by atoms with van der Waals surface area (Å²) in [6.07, 6.45) is 5.97. The molecule has 27 heavy (non-hydrogen) atoms. The second kappa shape index (κ2) is 6.66. The first-order chi connectivity index (χ1) is 13.0. The molecule has 3 heteroatoms. The molecule has 1 aliphatic rings. The number of halogens is 1. The molecule has 1 aromatic heterocycles. The van der Waals surface area contributed by atoms with E-state index in [1.165, 1.54) is 28.8 Å². The van der Waals surface area contributed by atoms with E-state index in [0.29, 0.717) is 0 Å². The molecule has 0 saturated carbocycles. The number of fused-ring (bicyclic) bond motifs is 1. The predicted molar refractivity (Wildman–Crippen MR) is 109 cm³/mol. The summed E-state index contributed by atoms with van der Waals surface area (Å²) >= 11 is 0. The van der Waals surface area contributed by atoms with Gasteiger partial charge in [0, 0.05) is 0 Å². The van der Waals surface area contributed by atoms with Gasteiger partial charge in [-0.2, -0.15) is 5.10 Å². The third-order valence-corrected chi connectivity index (χ3v) is 5.63. The highest BCUT2D eigenvalue weighted by Crippen LogP contribution is 2.44. The number of rotatable bonds is 4. The van der Waals surface area contributed by atoms with Crippen molar-refractivity contribution in [2.45, 2.75) is 26.7 Å². The van der Waals surface area contributed by atoms with Crippen LogP contribution in [0.5, 0.6) is 0 Å². The maximum atomic E-state index is 13.2. The Kier molecular flexibility index (Phi) is 4.31. The molecule has 136 valence electrons. The summed E-state index contributed by atoms with van der Waals surface area (Å²) in [5, 5.41) is 4.56. The Morgan fingerprint density at radius 3 is 2.56 bits per heavy atom. The van der Waals surface area contributed by atoms with Crippen LogP contribution in [-0.2, 0) is 6.42 Å². The van der Waals surface area contributed by atoms with Gasteiger partial charge in [-0.15, -0.1) is 0 Å². The van der Waals surface area contributed by atoms with Crippen molar-refractivity contribution in [1.29, 1.82) is 0 Å². The van der Waals surface area contributed by atoms with Crippen LogP contribution in [0.3, 0.4) is 0 Å². The zero-order valence-corrected chi connectivity index (χ0v) is 15.7. The Labute approximate surface area is 159 Å². The molecule has 3 aromatic rings. The first kappa shape index (κ1) is 17.5. The second-order valence-corrected chi connectivity index (χ2v) is 7.65. The highest BCUT2D eigenvalue weighted by Gasteiger charge is 2.33. The molecule has 2 aromatic carbocycles. The highest BCUT2D eigenvalue weighted by molar-refractivity contribution is 5.67. The summed E-state index contributed by atoms with van der Waals surface area (Å²) in [5.74, 6) is -0.238. The van der Waals surface area contributed by atoms with Crippen LogP contribution in [0.2, 0.25) is 0 Å². The topological polar surface area (TPSA) is 17.8 Å². The fourth-order valence-corrected chi connectivity index (χ4v) is 3.86. The fourth-order valence-electron chi connectivity index (χ4n) is 3.86. The van der Waals surface area contributed by atoms with E-state index in [-0.39, 0.29) is 11.2 Å². The van der Waals surface area contributed by atoms with Gasteiger partial charge in [-0.1, -0.05) is 49.4 Å². The SMILES string of the molecule is C=C(C[C@@]1(C)Cc2cnn(-c3ccc(F)cc3)c2C=C1C)c1ccccc1. The van der Waals surface area contributed by atoms with Gasteiger partial charge in [-0.25, -0.2) is 9.07 Å². The lowest BCUT2D eigenvalue weighted by atomic mass is 9.69. The third kappa shape index (κ3) is 3.25. The van der Waals surface area contributed by atoms with Gasteiger partial charge in [0.2, 0.25) is 0 Å². The largest absolute Gasteiger partial charge is 0.233 e. The molecule has 0 bridgehead atoms. The van der Waals surface area contributed by atoms with Gasteiger partial charge in [-0.3, -0.25) is 0 Å². The molecule has 0 unspecified atom stereocenters. The number of benzene rings is 2. The lowest BCUT2D eigenvalue weighted by Crippen LogP contribution is -2.25. The monoisotopic (exact) mass is 358 g/mol. The van der Waals surface area contributed by atoms with Crippen LogP contribution in [0.4, 0.5) is 4.39 Å². The molecule has 0 spiro atoms. The smallest absolute Gasteiger partial charge is 0.123 e. The minimum atomic E-state index is -0.238. The zero-order valence-electron chi connectivity index (χ0n) is 15.7. The summed E-state index contributed by atoms with van der Waals surface area (Å²) < 4.78 is 15.1. The summed E-state index contributed by atoms with van der Waals surface area (Å²) in [6, 6.07) is 16.8. The van der Waals surface area contributed by atoms with E-state index in [9.17, 15) is 4.39 Å². The average Bonchev–Trinajstić information content (AvgIpc) is 3.05. The molecule has 2 nitrogen and oxygen atoms in total. The maximum absolute atomic E-state index is 13.2. The van der Waals surface area contributed by atoms with Crippen molar-refractivity contribution in [3.05, 3.63) is 95.6 Å². The second-order valence-electron chi connectivity index (χ2n) is 7.65. The summed E-state index contributed by atoms with van der Waals surface area (Å²) in [4.78, 5) is 0. The normalized spacial score (nSPS) is 18.7. The fraction of sp³-hybridized carbons (Fsp3) is 0.208. The third-order valence-electron chi connectivity index (χ3n) is 5.63. The van der Waals surface area contributed by atoms with Gasteiger partial charge in [-0.05, 0) is 72.2 Å². The Hall–Kier alpha value is -2.94. The molecule has 1 heterocycles. The standard InChI is InChI=1S/C24H23FN2/c1-17(19-7-5-4-6-8-19)14-24(3)15-20-16-26-27(23(20)13-18(24)2)22-11-9-21(25)10-12-22/h4-13,16H,1,14-15H2,2-3H3/t24-/m0/s1. The van der Waals surface area contributed by atoms with Crippen molar-refractivity contribution >= 4 is 11.6 Å². The van der Waals surface area contributed by atoms with E-state index in [1.54, 1.807) is 12.1 Å². The average molecular weight is 358 g/mol. The molecule has 0 fully saturated rings. The van der Waals surface area contributed by atoms with Crippen molar-refractivity contribution in [2.24, 2.45) is 5.41 Å². The van der Waals surface area contributed by atoms with Crippen LogP contribution < -0.4 is 0 Å². The summed E-state index contributed by atoms with van der Waals surface area (Å²) in [5.41, 5.74) is 6.85. The first-order valence-electron chi connectivity index (χ1n) is 9.21. The van der Waals surface area contributed by atoms with Crippen LogP contribution >= 0.6 is 0 Å². The molecular formula is C24H23FN2. The van der Waals surface area contributed by atoms with Gasteiger partial charge in [0.1, 0.15) is 5.82 Å². The summed E-state index contributed by atoms with van der Waals surface area (Å²) in [6.45, 7) is 8.81. The van der Waals surface area contributed by atoms with Gasteiger partial charge in [0.05, 0.1) is 17.6 Å². The van der Waals surface area contributed by atoms with Gasteiger partial charge >= 0.3 is 0 Å². The lowest BCUT2D eigenvalue weighted by molar-refractivity contribution is 0.403. The minimum absolute atomic E-state index is 0.0105. The predicted octanol–water partition coefficient (Wildman–Crippen LogP) is 6.08. The molecule has 0 radical (unpaired) electrons. The number of hydrogen-bond acceptors (Lipinski definition) is 1. The van der Waals surface area contributed by atoms with E-state index in [0.717, 1.165) is 29.8 Å². The highest BCUT2D eigenvalue weighted by atomic mass is 19.1. The Morgan fingerprint density at radius 2 is 1.85 bits per heavy atom. The molecular weight excluding hydrogens is 335 g/mol. The van der Waals surface area contributed by atoms with Crippen LogP contribution in [0, 0.1) is 11.2 Å². The zero-order chi connectivity index (χ0) is 19.0. The Bertz CT molecular complexity index is 1010. The van der Waals surface area contributed by atoms with Crippen LogP contribution in [0.1, 0.15) is 37.1 Å². The van der Waals surface area contributed by atoms with Gasteiger partial charge in [0.15, 0.2) is 0 Å². The number of hydrogen-bond donors (Lipinski definition) is 0. The van der Waals surface area contributed by atoms with Crippen molar-refractivity contribution in [3.63, 3.8) is 0 Å². The van der Waals surface area contributed by atoms with E-state index in [1.807, 2.05) is 16.9 Å². The van der Waals surface area contributed by atoms with Crippen molar-refractivity contribution < 1.29 is 4.39 Å². The molecule has 0 aliphatic heterocycles. The van der Waals surface area contributed by atoms with Crippen LogP contribution in [0.25, 0.3) is 17.3 Å². The van der Waals surface area contributed by atoms with Crippen molar-refractivity contribution in [1.82, 2.24) is 9.78 Å². The molecule has 1 aliphatic carbocycles. The van der Waals surface area contributed by atoms with Crippen LogP contribution in [-0.4, -0.2) is 9.78 Å². The molecule has 0 saturated heterocycles. The van der Waals surface area contributed by atoms with E-state index in [2.05, 4.69) is 55.9 Å². The summed E-state index contributed by atoms with van der Waals surface area (Å²) in [7, 11) is 0. The molecule has 0 N–H and O–H groups in total.